The van der Waals surface area contributed by atoms with Crippen LogP contribution in [0.15, 0.2) is 102 Å². The zero-order chi connectivity index (χ0) is 30.7. The van der Waals surface area contributed by atoms with E-state index in [9.17, 15) is 22.8 Å². The number of amides is 2. The number of hydrogen-bond acceptors (Lipinski definition) is 4. The van der Waals surface area contributed by atoms with Crippen molar-refractivity contribution in [1.82, 2.24) is 15.2 Å². The predicted molar refractivity (Wildman–Crippen MR) is 162 cm³/mol. The zero-order valence-corrected chi connectivity index (χ0v) is 23.6. The van der Waals surface area contributed by atoms with Gasteiger partial charge in [0.1, 0.15) is 17.2 Å². The SMILES string of the molecule is O=C(C=Cc1cccnc1)NCc1cc2cc(-c3ccc(C(=O)N4CCC(F)(F)CC4)cc3)cc(-c3ccc(F)cc3)c2o1. The number of alkyl halides is 2. The summed E-state index contributed by atoms with van der Waals surface area (Å²) in [5.41, 5.74) is 4.97. The van der Waals surface area contributed by atoms with Crippen molar-refractivity contribution in [3.8, 4) is 22.3 Å². The number of benzene rings is 3. The maximum Gasteiger partial charge on any atom is 0.253 e. The molecule has 9 heteroatoms. The largest absolute Gasteiger partial charge is 0.459 e. The first kappa shape index (κ1) is 28.9. The van der Waals surface area contributed by atoms with Gasteiger partial charge in [-0.3, -0.25) is 14.6 Å². The lowest BCUT2D eigenvalue weighted by Gasteiger charge is -2.31. The molecular formula is C35H28F3N3O3. The lowest BCUT2D eigenvalue weighted by Crippen LogP contribution is -2.42. The first-order valence-electron chi connectivity index (χ1n) is 14.2. The number of hydrogen-bond donors (Lipinski definition) is 1. The van der Waals surface area contributed by atoms with Crippen molar-refractivity contribution in [2.75, 3.05) is 13.1 Å². The van der Waals surface area contributed by atoms with Crippen LogP contribution < -0.4 is 5.32 Å². The summed E-state index contributed by atoms with van der Waals surface area (Å²) in [6, 6.07) is 22.5. The third kappa shape index (κ3) is 6.57. The summed E-state index contributed by atoms with van der Waals surface area (Å²) in [5, 5.41) is 3.61. The van der Waals surface area contributed by atoms with Gasteiger partial charge in [-0.15, -0.1) is 0 Å². The first-order valence-corrected chi connectivity index (χ1v) is 14.2. The van der Waals surface area contributed by atoms with Crippen molar-refractivity contribution >= 4 is 28.9 Å². The van der Waals surface area contributed by atoms with Gasteiger partial charge in [-0.1, -0.05) is 30.3 Å². The smallest absolute Gasteiger partial charge is 0.253 e. The summed E-state index contributed by atoms with van der Waals surface area (Å²) in [6.07, 6.45) is 5.75. The van der Waals surface area contributed by atoms with E-state index in [1.165, 1.54) is 23.1 Å². The Morgan fingerprint density at radius 2 is 1.66 bits per heavy atom. The van der Waals surface area contributed by atoms with E-state index in [1.54, 1.807) is 48.8 Å². The van der Waals surface area contributed by atoms with Crippen LogP contribution in [0.3, 0.4) is 0 Å². The summed E-state index contributed by atoms with van der Waals surface area (Å²) in [5.74, 6) is -3.11. The predicted octanol–water partition coefficient (Wildman–Crippen LogP) is 7.50. The third-order valence-corrected chi connectivity index (χ3v) is 7.62. The van der Waals surface area contributed by atoms with Crippen molar-refractivity contribution in [3.63, 3.8) is 0 Å². The average molecular weight is 596 g/mol. The van der Waals surface area contributed by atoms with Gasteiger partial charge in [0.05, 0.1) is 6.54 Å². The number of fused-ring (bicyclic) bond motifs is 1. The second-order valence-electron chi connectivity index (χ2n) is 10.7. The number of nitrogens with one attached hydrogen (secondary N) is 1. The number of halogens is 3. The van der Waals surface area contributed by atoms with E-state index in [0.29, 0.717) is 16.9 Å². The molecule has 2 amide bonds. The molecule has 2 aromatic heterocycles. The Balaban J connectivity index is 1.25. The minimum absolute atomic E-state index is 0.0232. The quantitative estimate of drug-likeness (QED) is 0.198. The molecule has 1 saturated heterocycles. The molecule has 5 aromatic rings. The molecule has 6 nitrogen and oxygen atoms in total. The van der Waals surface area contributed by atoms with Crippen molar-refractivity contribution in [2.45, 2.75) is 25.3 Å². The van der Waals surface area contributed by atoms with Crippen LogP contribution in [0.2, 0.25) is 0 Å². The van der Waals surface area contributed by atoms with Crippen LogP contribution in [0.4, 0.5) is 13.2 Å². The van der Waals surface area contributed by atoms with Crippen LogP contribution in [0.1, 0.15) is 34.5 Å². The molecule has 1 N–H and O–H groups in total. The van der Waals surface area contributed by atoms with E-state index in [4.69, 9.17) is 4.42 Å². The van der Waals surface area contributed by atoms with E-state index in [1.807, 2.05) is 36.4 Å². The lowest BCUT2D eigenvalue weighted by atomic mass is 9.96. The summed E-state index contributed by atoms with van der Waals surface area (Å²) >= 11 is 0. The second-order valence-corrected chi connectivity index (χ2v) is 10.7. The van der Waals surface area contributed by atoms with E-state index in [-0.39, 0.29) is 50.1 Å². The van der Waals surface area contributed by atoms with Crippen molar-refractivity contribution in [3.05, 3.63) is 120 Å². The number of piperidine rings is 1. The number of aromatic nitrogens is 1. The van der Waals surface area contributed by atoms with Crippen molar-refractivity contribution < 1.29 is 27.2 Å². The van der Waals surface area contributed by atoms with Crippen LogP contribution in [-0.4, -0.2) is 40.7 Å². The van der Waals surface area contributed by atoms with Gasteiger partial charge >= 0.3 is 0 Å². The number of furan rings is 1. The van der Waals surface area contributed by atoms with Gasteiger partial charge in [0.25, 0.3) is 11.8 Å². The molecule has 0 spiro atoms. The number of pyridine rings is 1. The van der Waals surface area contributed by atoms with Gasteiger partial charge in [-0.2, -0.15) is 0 Å². The molecule has 3 heterocycles. The maximum absolute atomic E-state index is 13.7. The van der Waals surface area contributed by atoms with Crippen LogP contribution in [0, 0.1) is 5.82 Å². The Bertz CT molecular complexity index is 1820. The van der Waals surface area contributed by atoms with E-state index >= 15 is 0 Å². The molecule has 0 saturated carbocycles. The molecule has 3 aromatic carbocycles. The fourth-order valence-corrected chi connectivity index (χ4v) is 5.21. The van der Waals surface area contributed by atoms with Crippen molar-refractivity contribution in [2.24, 2.45) is 0 Å². The fraction of sp³-hybridized carbons (Fsp3) is 0.171. The summed E-state index contributed by atoms with van der Waals surface area (Å²) < 4.78 is 47.0. The Morgan fingerprint density at radius 3 is 2.36 bits per heavy atom. The zero-order valence-electron chi connectivity index (χ0n) is 23.6. The highest BCUT2D eigenvalue weighted by Gasteiger charge is 2.35. The number of nitrogens with zero attached hydrogens (tertiary/aromatic N) is 2. The summed E-state index contributed by atoms with van der Waals surface area (Å²) in [4.78, 5) is 30.8. The topological polar surface area (TPSA) is 75.4 Å². The van der Waals surface area contributed by atoms with Gasteiger partial charge in [-0.05, 0) is 76.9 Å². The number of likely N-dealkylation sites (tertiary alicyclic amines) is 1. The van der Waals surface area contributed by atoms with Crippen LogP contribution in [0.5, 0.6) is 0 Å². The molecule has 0 atom stereocenters. The number of carbonyl (C=O) groups excluding carboxylic acids is 2. The van der Waals surface area contributed by atoms with Gasteiger partial charge in [0, 0.05) is 60.9 Å². The molecular weight excluding hydrogens is 567 g/mol. The highest BCUT2D eigenvalue weighted by Crippen LogP contribution is 2.36. The molecule has 6 rings (SSSR count). The molecule has 0 bridgehead atoms. The summed E-state index contributed by atoms with van der Waals surface area (Å²) in [6.45, 7) is 0.201. The molecule has 0 aliphatic carbocycles. The standard InChI is InChI=1S/C35H28F3N3O3/c36-29-10-8-25(9-11-29)31-20-27(24-4-6-26(7-5-24)34(43)41-16-13-35(37,38)14-17-41)18-28-19-30(44-33(28)31)22-40-32(42)12-3-23-2-1-15-39-21-23/h1-12,15,18-21H,13-14,16-17,22H2,(H,40,42). The van der Waals surface area contributed by atoms with Gasteiger partial charge in [0.15, 0.2) is 0 Å². The Morgan fingerprint density at radius 1 is 0.932 bits per heavy atom. The van der Waals surface area contributed by atoms with Crippen LogP contribution >= 0.6 is 0 Å². The van der Waals surface area contributed by atoms with Crippen molar-refractivity contribution in [1.29, 1.82) is 0 Å². The molecule has 1 aliphatic heterocycles. The minimum Gasteiger partial charge on any atom is -0.459 e. The van der Waals surface area contributed by atoms with Gasteiger partial charge in [-0.25, -0.2) is 13.2 Å². The highest BCUT2D eigenvalue weighted by molar-refractivity contribution is 5.98. The van der Waals surface area contributed by atoms with E-state index in [2.05, 4.69) is 10.3 Å². The third-order valence-electron chi connectivity index (χ3n) is 7.62. The normalized spacial score (nSPS) is 14.7. The monoisotopic (exact) mass is 595 g/mol. The van der Waals surface area contributed by atoms with E-state index in [0.717, 1.165) is 33.2 Å². The fourth-order valence-electron chi connectivity index (χ4n) is 5.21. The number of rotatable bonds is 7. The molecule has 1 aliphatic rings. The molecule has 44 heavy (non-hydrogen) atoms. The minimum atomic E-state index is -2.72. The average Bonchev–Trinajstić information content (AvgIpc) is 3.46. The van der Waals surface area contributed by atoms with Crippen LogP contribution in [0.25, 0.3) is 39.3 Å². The number of carbonyl (C=O) groups is 2. The van der Waals surface area contributed by atoms with Crippen LogP contribution in [-0.2, 0) is 11.3 Å². The van der Waals surface area contributed by atoms with Gasteiger partial charge in [0.2, 0.25) is 5.91 Å². The first-order chi connectivity index (χ1) is 21.2. The lowest BCUT2D eigenvalue weighted by molar-refractivity contribution is -0.116. The highest BCUT2D eigenvalue weighted by atomic mass is 19.3. The molecule has 0 unspecified atom stereocenters. The Hall–Kier alpha value is -5.18. The molecule has 0 radical (unpaired) electrons. The molecule has 222 valence electrons. The van der Waals surface area contributed by atoms with Gasteiger partial charge < -0.3 is 14.6 Å². The Labute approximate surface area is 251 Å². The summed E-state index contributed by atoms with van der Waals surface area (Å²) in [7, 11) is 0. The second kappa shape index (κ2) is 12.2. The molecule has 1 fully saturated rings. The Kier molecular flexibility index (Phi) is 8.02. The maximum atomic E-state index is 13.7. The van der Waals surface area contributed by atoms with E-state index < -0.39 is 5.92 Å².